The molecule has 10 heteroatoms. The number of hydrogen-bond donors (Lipinski definition) is 1. The average molecular weight is 482 g/mol. The number of ketones is 1. The number of morpholine rings is 1. The van der Waals surface area contributed by atoms with E-state index < -0.39 is 22.7 Å². The van der Waals surface area contributed by atoms with E-state index in [-0.39, 0.29) is 23.6 Å². The second kappa shape index (κ2) is 10.2. The third-order valence-corrected chi connectivity index (χ3v) is 6.37. The van der Waals surface area contributed by atoms with Gasteiger partial charge in [-0.1, -0.05) is 12.1 Å². The Morgan fingerprint density at radius 2 is 1.91 bits per heavy atom. The maximum Gasteiger partial charge on any atom is 0.295 e. The normalized spacial score (nSPS) is 20.3. The number of carbonyl (C=O) groups excluding carboxylic acids is 2. The van der Waals surface area contributed by atoms with Gasteiger partial charge in [-0.3, -0.25) is 24.6 Å². The SMILES string of the molecule is COc1ccc(C(O)=C2C(=O)C(=O)N(CCN3CCOCC3)C2c2cccc([N+](=O)[O-])c2)cc1C. The van der Waals surface area contributed by atoms with E-state index in [1.165, 1.54) is 30.2 Å². The lowest BCUT2D eigenvalue weighted by atomic mass is 9.94. The van der Waals surface area contributed by atoms with Crippen LogP contribution in [-0.2, 0) is 14.3 Å². The van der Waals surface area contributed by atoms with Crippen LogP contribution < -0.4 is 4.74 Å². The second-order valence-electron chi connectivity index (χ2n) is 8.48. The minimum absolute atomic E-state index is 0.0953. The average Bonchev–Trinajstić information content (AvgIpc) is 3.12. The topological polar surface area (TPSA) is 122 Å². The van der Waals surface area contributed by atoms with Gasteiger partial charge in [0, 0.05) is 43.9 Å². The number of nitro groups is 1. The number of aliphatic hydroxyl groups excluding tert-OH is 1. The van der Waals surface area contributed by atoms with Crippen LogP contribution in [0.2, 0.25) is 0 Å². The number of hydrogen-bond acceptors (Lipinski definition) is 8. The van der Waals surface area contributed by atoms with Gasteiger partial charge < -0.3 is 19.5 Å². The van der Waals surface area contributed by atoms with Crippen LogP contribution in [0, 0.1) is 17.0 Å². The van der Waals surface area contributed by atoms with Crippen molar-refractivity contribution in [3.8, 4) is 5.75 Å². The van der Waals surface area contributed by atoms with Crippen molar-refractivity contribution in [3.05, 3.63) is 74.8 Å². The Kier molecular flexibility index (Phi) is 7.13. The number of carbonyl (C=O) groups is 2. The number of aryl methyl sites for hydroxylation is 1. The number of amides is 1. The lowest BCUT2D eigenvalue weighted by molar-refractivity contribution is -0.384. The number of non-ortho nitro benzene ring substituents is 1. The van der Waals surface area contributed by atoms with Crippen molar-refractivity contribution in [2.75, 3.05) is 46.5 Å². The van der Waals surface area contributed by atoms with Gasteiger partial charge in [-0.25, -0.2) is 0 Å². The standard InChI is InChI=1S/C25H27N3O7/c1-16-14-18(6-7-20(16)34-2)23(29)21-22(17-4-3-5-19(15-17)28(32)33)27(25(31)24(21)30)9-8-26-10-12-35-13-11-26/h3-7,14-15,22,29H,8-13H2,1-2H3. The van der Waals surface area contributed by atoms with Crippen molar-refractivity contribution in [3.63, 3.8) is 0 Å². The highest BCUT2D eigenvalue weighted by molar-refractivity contribution is 6.46. The Hall–Kier alpha value is -3.76. The van der Waals surface area contributed by atoms with Gasteiger partial charge in [0.15, 0.2) is 0 Å². The number of likely N-dealkylation sites (tertiary alicyclic amines) is 1. The van der Waals surface area contributed by atoms with Crippen molar-refractivity contribution in [2.24, 2.45) is 0 Å². The molecule has 2 aliphatic rings. The number of aliphatic hydroxyl groups is 1. The zero-order valence-electron chi connectivity index (χ0n) is 19.6. The van der Waals surface area contributed by atoms with E-state index in [9.17, 15) is 24.8 Å². The maximum absolute atomic E-state index is 13.2. The summed E-state index contributed by atoms with van der Waals surface area (Å²) < 4.78 is 10.6. The van der Waals surface area contributed by atoms with Crippen LogP contribution in [0.3, 0.4) is 0 Å². The third-order valence-electron chi connectivity index (χ3n) is 6.37. The van der Waals surface area contributed by atoms with Gasteiger partial charge in [-0.2, -0.15) is 0 Å². The van der Waals surface area contributed by atoms with Crippen molar-refractivity contribution in [1.29, 1.82) is 0 Å². The summed E-state index contributed by atoms with van der Waals surface area (Å²) in [5.74, 6) is -1.29. The minimum Gasteiger partial charge on any atom is -0.507 e. The minimum atomic E-state index is -0.960. The number of rotatable bonds is 7. The first-order valence-electron chi connectivity index (χ1n) is 11.3. The molecule has 1 amide bonds. The molecule has 0 spiro atoms. The van der Waals surface area contributed by atoms with Crippen molar-refractivity contribution in [1.82, 2.24) is 9.80 Å². The highest BCUT2D eigenvalue weighted by atomic mass is 16.6. The molecule has 0 aromatic heterocycles. The summed E-state index contributed by atoms with van der Waals surface area (Å²) in [5, 5.41) is 22.6. The lowest BCUT2D eigenvalue weighted by Crippen LogP contribution is -2.42. The molecular weight excluding hydrogens is 454 g/mol. The molecule has 1 atom stereocenters. The molecule has 2 aliphatic heterocycles. The highest BCUT2D eigenvalue weighted by Crippen LogP contribution is 2.40. The van der Waals surface area contributed by atoms with E-state index in [1.54, 1.807) is 31.2 Å². The summed E-state index contributed by atoms with van der Waals surface area (Å²) in [6.07, 6.45) is 0. The number of methoxy groups -OCH3 is 1. The van der Waals surface area contributed by atoms with Gasteiger partial charge in [0.2, 0.25) is 0 Å². The summed E-state index contributed by atoms with van der Waals surface area (Å²) in [4.78, 5) is 40.7. The van der Waals surface area contributed by atoms with E-state index in [2.05, 4.69) is 4.90 Å². The zero-order chi connectivity index (χ0) is 25.1. The van der Waals surface area contributed by atoms with Crippen LogP contribution in [-0.4, -0.2) is 78.0 Å². The van der Waals surface area contributed by atoms with E-state index in [0.717, 1.165) is 5.56 Å². The zero-order valence-corrected chi connectivity index (χ0v) is 19.6. The molecule has 184 valence electrons. The molecule has 0 saturated carbocycles. The molecule has 1 N–H and O–H groups in total. The Bertz CT molecular complexity index is 1190. The highest BCUT2D eigenvalue weighted by Gasteiger charge is 2.46. The quantitative estimate of drug-likeness (QED) is 0.211. The Balaban J connectivity index is 1.78. The molecule has 0 aliphatic carbocycles. The van der Waals surface area contributed by atoms with Gasteiger partial charge in [-0.05, 0) is 36.2 Å². The van der Waals surface area contributed by atoms with Gasteiger partial charge >= 0.3 is 0 Å². The molecule has 2 heterocycles. The van der Waals surface area contributed by atoms with Gasteiger partial charge in [0.25, 0.3) is 17.4 Å². The van der Waals surface area contributed by atoms with Gasteiger partial charge in [0.1, 0.15) is 11.5 Å². The third kappa shape index (κ3) is 4.89. The molecule has 0 bridgehead atoms. The number of ether oxygens (including phenoxy) is 2. The van der Waals surface area contributed by atoms with E-state index >= 15 is 0 Å². The largest absolute Gasteiger partial charge is 0.507 e. The summed E-state index contributed by atoms with van der Waals surface area (Å²) >= 11 is 0. The first-order chi connectivity index (χ1) is 16.8. The fraction of sp³-hybridized carbons (Fsp3) is 0.360. The maximum atomic E-state index is 13.2. The first-order valence-corrected chi connectivity index (χ1v) is 11.3. The van der Waals surface area contributed by atoms with Gasteiger partial charge in [-0.15, -0.1) is 0 Å². The summed E-state index contributed by atoms with van der Waals surface area (Å²) in [6, 6.07) is 9.79. The number of Topliss-reactive ketones (excluding diaryl/α,β-unsaturated/α-hetero) is 1. The van der Waals surface area contributed by atoms with Crippen molar-refractivity contribution < 1.29 is 29.1 Å². The molecule has 4 rings (SSSR count). The van der Waals surface area contributed by atoms with Crippen LogP contribution >= 0.6 is 0 Å². The fourth-order valence-electron chi connectivity index (χ4n) is 4.52. The summed E-state index contributed by atoms with van der Waals surface area (Å²) in [5.41, 5.74) is 1.21. The fourth-order valence-corrected chi connectivity index (χ4v) is 4.52. The Morgan fingerprint density at radius 3 is 2.57 bits per heavy atom. The second-order valence-corrected chi connectivity index (χ2v) is 8.48. The van der Waals surface area contributed by atoms with Crippen LogP contribution in [0.25, 0.3) is 5.76 Å². The van der Waals surface area contributed by atoms with E-state index in [0.29, 0.717) is 49.7 Å². The molecule has 1 unspecified atom stereocenters. The number of nitro benzene ring substituents is 1. The Morgan fingerprint density at radius 1 is 1.17 bits per heavy atom. The first kappa shape index (κ1) is 24.4. The molecule has 0 radical (unpaired) electrons. The molecule has 2 aromatic rings. The summed E-state index contributed by atoms with van der Waals surface area (Å²) in [6.45, 7) is 5.11. The molecule has 2 saturated heterocycles. The molecule has 35 heavy (non-hydrogen) atoms. The predicted molar refractivity (Wildman–Crippen MR) is 127 cm³/mol. The number of benzene rings is 2. The van der Waals surface area contributed by atoms with Crippen LogP contribution in [0.1, 0.15) is 22.7 Å². The van der Waals surface area contributed by atoms with E-state index in [1.807, 2.05) is 0 Å². The monoisotopic (exact) mass is 481 g/mol. The molecule has 2 fully saturated rings. The predicted octanol–water partition coefficient (Wildman–Crippen LogP) is 2.67. The lowest BCUT2D eigenvalue weighted by Gasteiger charge is -2.31. The van der Waals surface area contributed by atoms with Crippen molar-refractivity contribution in [2.45, 2.75) is 13.0 Å². The molecule has 2 aromatic carbocycles. The Labute approximate surface area is 202 Å². The smallest absolute Gasteiger partial charge is 0.295 e. The van der Waals surface area contributed by atoms with Crippen LogP contribution in [0.5, 0.6) is 5.75 Å². The molecular formula is C25H27N3O7. The van der Waals surface area contributed by atoms with Crippen LogP contribution in [0.15, 0.2) is 48.0 Å². The van der Waals surface area contributed by atoms with Crippen LogP contribution in [0.4, 0.5) is 5.69 Å². The number of nitrogens with zero attached hydrogens (tertiary/aromatic N) is 3. The van der Waals surface area contributed by atoms with E-state index in [4.69, 9.17) is 9.47 Å². The molecule has 10 nitrogen and oxygen atoms in total. The van der Waals surface area contributed by atoms with Gasteiger partial charge in [0.05, 0.1) is 36.9 Å². The summed E-state index contributed by atoms with van der Waals surface area (Å²) in [7, 11) is 1.53. The van der Waals surface area contributed by atoms with Crippen molar-refractivity contribution >= 4 is 23.1 Å².